The van der Waals surface area contributed by atoms with Crippen LogP contribution in [0.5, 0.6) is 11.5 Å². The first-order chi connectivity index (χ1) is 12.6. The summed E-state index contributed by atoms with van der Waals surface area (Å²) in [5, 5.41) is 2.92. The zero-order chi connectivity index (χ0) is 18.8. The van der Waals surface area contributed by atoms with Crippen LogP contribution in [0.2, 0.25) is 0 Å². The van der Waals surface area contributed by atoms with E-state index in [0.717, 1.165) is 23.6 Å². The maximum absolute atomic E-state index is 12.2. The Labute approximate surface area is 155 Å². The van der Waals surface area contributed by atoms with Crippen LogP contribution < -0.4 is 15.0 Å². The molecule has 0 aliphatic heterocycles. The van der Waals surface area contributed by atoms with Gasteiger partial charge in [-0.15, -0.1) is 0 Å². The second kappa shape index (κ2) is 10.5. The van der Waals surface area contributed by atoms with Crippen LogP contribution in [0.15, 0.2) is 54.6 Å². The number of likely N-dealkylation sites (N-methyl/N-ethyl adjacent to an activating group) is 1. The first-order valence-corrected chi connectivity index (χ1v) is 8.97. The largest absolute Gasteiger partial charge is 0.455 e. The van der Waals surface area contributed by atoms with E-state index >= 15 is 0 Å². The van der Waals surface area contributed by atoms with E-state index in [-0.39, 0.29) is 18.6 Å². The number of nitrogens with zero attached hydrogens (tertiary/aromatic N) is 1. The fourth-order valence-electron chi connectivity index (χ4n) is 2.45. The molecule has 2 aromatic rings. The van der Waals surface area contributed by atoms with Crippen LogP contribution in [0.3, 0.4) is 0 Å². The first kappa shape index (κ1) is 19.8. The lowest BCUT2D eigenvalue weighted by Crippen LogP contribution is -2.36. The molecule has 1 N–H and O–H groups in total. The number of carbonyl (C=O) groups is 1. The average molecular weight is 356 g/mol. The van der Waals surface area contributed by atoms with Crippen molar-refractivity contribution in [3.8, 4) is 11.5 Å². The zero-order valence-electron chi connectivity index (χ0n) is 15.8. The van der Waals surface area contributed by atoms with Gasteiger partial charge in [0.15, 0.2) is 5.75 Å². The van der Waals surface area contributed by atoms with E-state index in [1.165, 1.54) is 0 Å². The quantitative estimate of drug-likeness (QED) is 0.657. The molecule has 0 aromatic heterocycles. The number of amides is 1. The summed E-state index contributed by atoms with van der Waals surface area (Å²) < 4.78 is 11.4. The van der Waals surface area contributed by atoms with Gasteiger partial charge in [0.1, 0.15) is 5.75 Å². The van der Waals surface area contributed by atoms with Crippen LogP contribution in [0.25, 0.3) is 0 Å². The summed E-state index contributed by atoms with van der Waals surface area (Å²) in [5.41, 5.74) is 0.870. The summed E-state index contributed by atoms with van der Waals surface area (Å²) in [4.78, 5) is 14.0. The van der Waals surface area contributed by atoms with E-state index < -0.39 is 0 Å². The molecule has 5 nitrogen and oxygen atoms in total. The molecule has 0 saturated heterocycles. The van der Waals surface area contributed by atoms with Gasteiger partial charge in [0.25, 0.3) is 0 Å². The number of para-hydroxylation sites is 3. The molecule has 140 valence electrons. The zero-order valence-corrected chi connectivity index (χ0v) is 15.8. The van der Waals surface area contributed by atoms with E-state index in [2.05, 4.69) is 5.32 Å². The van der Waals surface area contributed by atoms with Gasteiger partial charge in [-0.25, -0.2) is 0 Å². The molecule has 2 aromatic carbocycles. The Morgan fingerprint density at radius 2 is 1.77 bits per heavy atom. The number of anilines is 1. The van der Waals surface area contributed by atoms with E-state index in [1.54, 1.807) is 0 Å². The highest BCUT2D eigenvalue weighted by molar-refractivity contribution is 5.81. The number of hydrogen-bond donors (Lipinski definition) is 1. The molecule has 5 heteroatoms. The number of nitrogens with one attached hydrogen (secondary N) is 1. The van der Waals surface area contributed by atoms with E-state index in [9.17, 15) is 4.79 Å². The van der Waals surface area contributed by atoms with Crippen LogP contribution in [0, 0.1) is 0 Å². The number of carbonyl (C=O) groups excluding carboxylic acids is 1. The van der Waals surface area contributed by atoms with Crippen LogP contribution in [0.4, 0.5) is 5.69 Å². The Morgan fingerprint density at radius 3 is 2.50 bits per heavy atom. The third-order valence-electron chi connectivity index (χ3n) is 3.72. The lowest BCUT2D eigenvalue weighted by atomic mass is 10.2. The van der Waals surface area contributed by atoms with Crippen molar-refractivity contribution < 1.29 is 14.3 Å². The lowest BCUT2D eigenvalue weighted by molar-refractivity contribution is -0.119. The molecule has 0 saturated carbocycles. The molecule has 0 atom stereocenters. The molecule has 0 unspecified atom stereocenters. The Balaban J connectivity index is 1.87. The molecule has 0 heterocycles. The number of hydrogen-bond acceptors (Lipinski definition) is 4. The molecule has 0 aliphatic rings. The fourth-order valence-corrected chi connectivity index (χ4v) is 2.45. The van der Waals surface area contributed by atoms with Crippen molar-refractivity contribution >= 4 is 11.6 Å². The Bertz CT molecular complexity index is 674. The van der Waals surface area contributed by atoms with Gasteiger partial charge >= 0.3 is 0 Å². The van der Waals surface area contributed by atoms with Crippen molar-refractivity contribution in [3.05, 3.63) is 54.6 Å². The fraction of sp³-hybridized carbons (Fsp3) is 0.381. The summed E-state index contributed by atoms with van der Waals surface area (Å²) in [6, 6.07) is 17.3. The topological polar surface area (TPSA) is 50.8 Å². The minimum Gasteiger partial charge on any atom is -0.455 e. The molecule has 0 spiro atoms. The van der Waals surface area contributed by atoms with Crippen molar-refractivity contribution in [2.75, 3.05) is 31.6 Å². The van der Waals surface area contributed by atoms with Crippen molar-refractivity contribution in [2.24, 2.45) is 0 Å². The summed E-state index contributed by atoms with van der Waals surface area (Å²) in [6.07, 6.45) is 1.03. The number of rotatable bonds is 10. The highest BCUT2D eigenvalue weighted by Gasteiger charge is 2.12. The summed E-state index contributed by atoms with van der Waals surface area (Å²) in [5.74, 6) is 1.47. The molecule has 0 bridgehead atoms. The molecule has 26 heavy (non-hydrogen) atoms. The maximum atomic E-state index is 12.2. The predicted octanol–water partition coefficient (Wildman–Crippen LogP) is 3.85. The highest BCUT2D eigenvalue weighted by Crippen LogP contribution is 2.31. The minimum absolute atomic E-state index is 0.0217. The van der Waals surface area contributed by atoms with E-state index in [1.807, 2.05) is 80.4 Å². The van der Waals surface area contributed by atoms with E-state index in [0.29, 0.717) is 13.2 Å². The van der Waals surface area contributed by atoms with Crippen molar-refractivity contribution in [1.82, 2.24) is 5.32 Å². The Hall–Kier alpha value is -2.53. The third kappa shape index (κ3) is 6.76. The SMILES string of the molecule is CC(C)OCCCNC(=O)CN(C)c1ccccc1Oc1ccccc1. The summed E-state index contributed by atoms with van der Waals surface area (Å²) in [6.45, 7) is 5.54. The Morgan fingerprint density at radius 1 is 1.08 bits per heavy atom. The van der Waals surface area contributed by atoms with Crippen LogP contribution in [0.1, 0.15) is 20.3 Å². The van der Waals surface area contributed by atoms with Gasteiger partial charge in [-0.05, 0) is 44.5 Å². The lowest BCUT2D eigenvalue weighted by Gasteiger charge is -2.22. The molecule has 2 rings (SSSR count). The van der Waals surface area contributed by atoms with Crippen LogP contribution >= 0.6 is 0 Å². The van der Waals surface area contributed by atoms with Gasteiger partial charge in [-0.2, -0.15) is 0 Å². The summed E-state index contributed by atoms with van der Waals surface area (Å²) >= 11 is 0. The van der Waals surface area contributed by atoms with Gasteiger partial charge < -0.3 is 19.7 Å². The molecule has 0 aliphatic carbocycles. The van der Waals surface area contributed by atoms with Gasteiger partial charge in [0.2, 0.25) is 5.91 Å². The van der Waals surface area contributed by atoms with Gasteiger partial charge in [-0.1, -0.05) is 30.3 Å². The average Bonchev–Trinajstić information content (AvgIpc) is 2.62. The second-order valence-electron chi connectivity index (χ2n) is 6.36. The Kier molecular flexibility index (Phi) is 7.96. The predicted molar refractivity (Wildman–Crippen MR) is 105 cm³/mol. The number of benzene rings is 2. The highest BCUT2D eigenvalue weighted by atomic mass is 16.5. The van der Waals surface area contributed by atoms with Crippen molar-refractivity contribution in [2.45, 2.75) is 26.4 Å². The van der Waals surface area contributed by atoms with Crippen molar-refractivity contribution in [1.29, 1.82) is 0 Å². The first-order valence-electron chi connectivity index (χ1n) is 8.97. The van der Waals surface area contributed by atoms with E-state index in [4.69, 9.17) is 9.47 Å². The normalized spacial score (nSPS) is 10.6. The molecule has 1 amide bonds. The molecular weight excluding hydrogens is 328 g/mol. The standard InChI is InChI=1S/C21H28N2O3/c1-17(2)25-15-9-14-22-21(24)16-23(3)19-12-7-8-13-20(19)26-18-10-5-4-6-11-18/h4-8,10-13,17H,9,14-16H2,1-3H3,(H,22,24). The third-order valence-corrected chi connectivity index (χ3v) is 3.72. The second-order valence-corrected chi connectivity index (χ2v) is 6.36. The van der Waals surface area contributed by atoms with Gasteiger partial charge in [0, 0.05) is 20.2 Å². The van der Waals surface area contributed by atoms with Gasteiger partial charge in [-0.3, -0.25) is 4.79 Å². The molecular formula is C21H28N2O3. The van der Waals surface area contributed by atoms with Crippen molar-refractivity contribution in [3.63, 3.8) is 0 Å². The monoisotopic (exact) mass is 356 g/mol. The van der Waals surface area contributed by atoms with Crippen LogP contribution in [-0.4, -0.2) is 38.8 Å². The van der Waals surface area contributed by atoms with Crippen LogP contribution in [-0.2, 0) is 9.53 Å². The van der Waals surface area contributed by atoms with Gasteiger partial charge in [0.05, 0.1) is 18.3 Å². The summed E-state index contributed by atoms with van der Waals surface area (Å²) in [7, 11) is 1.88. The molecule has 0 radical (unpaired) electrons. The number of ether oxygens (including phenoxy) is 2. The maximum Gasteiger partial charge on any atom is 0.239 e. The molecule has 0 fully saturated rings. The minimum atomic E-state index is -0.0217. The smallest absolute Gasteiger partial charge is 0.239 e.